The second-order valence-electron chi connectivity index (χ2n) is 1.14. The van der Waals surface area contributed by atoms with Crippen molar-refractivity contribution in [3.63, 3.8) is 0 Å². The van der Waals surface area contributed by atoms with Crippen molar-refractivity contribution in [1.82, 2.24) is 0 Å². The van der Waals surface area contributed by atoms with E-state index in [0.717, 1.165) is 16.2 Å². The topological polar surface area (TPSA) is 0 Å². The lowest BCUT2D eigenvalue weighted by molar-refractivity contribution is 1.05. The molecular formula is C5H7Br2. The first kappa shape index (κ1) is 7.70. The van der Waals surface area contributed by atoms with Gasteiger partial charge in [0.05, 0.1) is 3.39 Å². The molecule has 2 heteroatoms. The maximum Gasteiger partial charge on any atom is 0.0564 e. The van der Waals surface area contributed by atoms with Crippen LogP contribution in [0.3, 0.4) is 0 Å². The molecule has 0 fully saturated rings. The molecular weight excluding hydrogens is 220 g/mol. The van der Waals surface area contributed by atoms with E-state index >= 15 is 0 Å². The summed E-state index contributed by atoms with van der Waals surface area (Å²) in [6.45, 7) is 3.67. The van der Waals surface area contributed by atoms with Crippen molar-refractivity contribution in [2.24, 2.45) is 0 Å². The molecule has 0 aliphatic heterocycles. The number of halogens is 2. The Morgan fingerprint density at radius 1 is 1.57 bits per heavy atom. The smallest absolute Gasteiger partial charge is 0.0564 e. The summed E-state index contributed by atoms with van der Waals surface area (Å²) < 4.78 is 1.02. The molecule has 0 atom stereocenters. The van der Waals surface area contributed by atoms with Crippen molar-refractivity contribution in [2.45, 2.75) is 12.8 Å². The number of hydrogen-bond donors (Lipinski definition) is 0. The largest absolute Gasteiger partial charge is 0.0632 e. The zero-order valence-electron chi connectivity index (χ0n) is 3.95. The normalized spacial score (nSPS) is 8.43. The van der Waals surface area contributed by atoms with Gasteiger partial charge in [-0.25, -0.2) is 0 Å². The fourth-order valence-electron chi connectivity index (χ4n) is 0.211. The Morgan fingerprint density at radius 2 is 2.14 bits per heavy atom. The van der Waals surface area contributed by atoms with Gasteiger partial charge in [-0.05, 0) is 44.7 Å². The van der Waals surface area contributed by atoms with Gasteiger partial charge in [0.1, 0.15) is 0 Å². The SMILES string of the molecule is [CH2]CCC=C(Br)Br. The van der Waals surface area contributed by atoms with Crippen LogP contribution in [-0.4, -0.2) is 0 Å². The van der Waals surface area contributed by atoms with Crippen LogP contribution < -0.4 is 0 Å². The summed E-state index contributed by atoms with van der Waals surface area (Å²) in [5.74, 6) is 0. The molecule has 7 heavy (non-hydrogen) atoms. The molecule has 0 aliphatic rings. The predicted molar refractivity (Wildman–Crippen MR) is 40.5 cm³/mol. The molecule has 0 nitrogen and oxygen atoms in total. The Balaban J connectivity index is 3.08. The summed E-state index contributed by atoms with van der Waals surface area (Å²) in [6.07, 6.45) is 4.03. The van der Waals surface area contributed by atoms with Gasteiger partial charge in [-0.15, -0.1) is 0 Å². The van der Waals surface area contributed by atoms with Gasteiger partial charge in [-0.3, -0.25) is 0 Å². The zero-order valence-corrected chi connectivity index (χ0v) is 7.13. The van der Waals surface area contributed by atoms with Crippen LogP contribution in [0.1, 0.15) is 12.8 Å². The van der Waals surface area contributed by atoms with Gasteiger partial charge in [0, 0.05) is 0 Å². The highest BCUT2D eigenvalue weighted by atomic mass is 79.9. The molecule has 0 aromatic heterocycles. The molecule has 0 unspecified atom stereocenters. The third kappa shape index (κ3) is 6.70. The lowest BCUT2D eigenvalue weighted by Crippen LogP contribution is -1.58. The first-order valence-electron chi connectivity index (χ1n) is 2.07. The molecule has 0 N–H and O–H groups in total. The number of hydrogen-bond acceptors (Lipinski definition) is 0. The molecule has 0 saturated heterocycles. The standard InChI is InChI=1S/C5H7Br2/c1-2-3-4-5(6)7/h4H,1-3H2. The fraction of sp³-hybridized carbons (Fsp3) is 0.400. The molecule has 0 heterocycles. The van der Waals surface area contributed by atoms with Gasteiger partial charge in [0.2, 0.25) is 0 Å². The summed E-state index contributed by atoms with van der Waals surface area (Å²) in [6, 6.07) is 0. The van der Waals surface area contributed by atoms with Gasteiger partial charge < -0.3 is 0 Å². The van der Waals surface area contributed by atoms with Crippen molar-refractivity contribution < 1.29 is 0 Å². The van der Waals surface area contributed by atoms with Crippen LogP contribution in [0.5, 0.6) is 0 Å². The Kier molecular flexibility index (Phi) is 5.33. The van der Waals surface area contributed by atoms with Crippen molar-refractivity contribution in [2.75, 3.05) is 0 Å². The molecule has 41 valence electrons. The average molecular weight is 227 g/mol. The average Bonchev–Trinajstić information content (AvgIpc) is 1.61. The van der Waals surface area contributed by atoms with E-state index in [-0.39, 0.29) is 0 Å². The van der Waals surface area contributed by atoms with E-state index in [4.69, 9.17) is 0 Å². The maximum atomic E-state index is 3.67. The molecule has 0 rings (SSSR count). The van der Waals surface area contributed by atoms with E-state index < -0.39 is 0 Å². The first-order valence-corrected chi connectivity index (χ1v) is 3.66. The summed E-state index contributed by atoms with van der Waals surface area (Å²) in [5.41, 5.74) is 0. The molecule has 0 saturated carbocycles. The molecule has 0 aromatic rings. The summed E-state index contributed by atoms with van der Waals surface area (Å²) in [7, 11) is 0. The molecule has 0 amide bonds. The first-order chi connectivity index (χ1) is 3.27. The maximum absolute atomic E-state index is 3.67. The van der Waals surface area contributed by atoms with Gasteiger partial charge in [-0.1, -0.05) is 13.0 Å². The second kappa shape index (κ2) is 4.85. The highest BCUT2D eigenvalue weighted by Crippen LogP contribution is 2.13. The highest BCUT2D eigenvalue weighted by molar-refractivity contribution is 9.28. The predicted octanol–water partition coefficient (Wildman–Crippen LogP) is 3.23. The monoisotopic (exact) mass is 225 g/mol. The summed E-state index contributed by atoms with van der Waals surface area (Å²) >= 11 is 6.45. The van der Waals surface area contributed by atoms with Crippen LogP contribution >= 0.6 is 31.9 Å². The minimum atomic E-state index is 0.959. The third-order valence-corrected chi connectivity index (χ3v) is 1.15. The minimum Gasteiger partial charge on any atom is -0.0632 e. The van der Waals surface area contributed by atoms with Crippen LogP contribution in [0.25, 0.3) is 0 Å². The Bertz CT molecular complexity index is 62.5. The number of rotatable bonds is 2. The van der Waals surface area contributed by atoms with Crippen molar-refractivity contribution in [3.05, 3.63) is 16.4 Å². The van der Waals surface area contributed by atoms with Gasteiger partial charge >= 0.3 is 0 Å². The van der Waals surface area contributed by atoms with Crippen LogP contribution in [0, 0.1) is 6.92 Å². The fourth-order valence-corrected chi connectivity index (χ4v) is 0.669. The molecule has 0 spiro atoms. The molecule has 0 aromatic carbocycles. The van der Waals surface area contributed by atoms with Crippen molar-refractivity contribution >= 4 is 31.9 Å². The van der Waals surface area contributed by atoms with Gasteiger partial charge in [0.25, 0.3) is 0 Å². The quantitative estimate of drug-likeness (QED) is 0.679. The van der Waals surface area contributed by atoms with Crippen LogP contribution in [0.2, 0.25) is 0 Å². The highest BCUT2D eigenvalue weighted by Gasteiger charge is 1.77. The van der Waals surface area contributed by atoms with E-state index in [1.54, 1.807) is 0 Å². The van der Waals surface area contributed by atoms with Crippen LogP contribution in [0.15, 0.2) is 9.47 Å². The third-order valence-electron chi connectivity index (χ3n) is 0.503. The Morgan fingerprint density at radius 3 is 2.29 bits per heavy atom. The molecule has 1 radical (unpaired) electrons. The van der Waals surface area contributed by atoms with E-state index in [2.05, 4.69) is 38.8 Å². The van der Waals surface area contributed by atoms with Gasteiger partial charge in [-0.2, -0.15) is 0 Å². The van der Waals surface area contributed by atoms with E-state index in [0.29, 0.717) is 0 Å². The Labute approximate surface area is 61.2 Å². The van der Waals surface area contributed by atoms with Crippen LogP contribution in [0.4, 0.5) is 0 Å². The van der Waals surface area contributed by atoms with Gasteiger partial charge in [0.15, 0.2) is 0 Å². The van der Waals surface area contributed by atoms with E-state index in [1.165, 1.54) is 0 Å². The Hall–Kier alpha value is 0.700. The molecule has 0 bridgehead atoms. The van der Waals surface area contributed by atoms with E-state index in [1.807, 2.05) is 6.08 Å². The van der Waals surface area contributed by atoms with Crippen molar-refractivity contribution in [1.29, 1.82) is 0 Å². The lowest BCUT2D eigenvalue weighted by Gasteiger charge is -1.81. The minimum absolute atomic E-state index is 0.959. The zero-order chi connectivity index (χ0) is 5.70. The number of unbranched alkanes of at least 4 members (excludes halogenated alkanes) is 1. The van der Waals surface area contributed by atoms with E-state index in [9.17, 15) is 0 Å². The summed E-state index contributed by atoms with van der Waals surface area (Å²) in [4.78, 5) is 0. The van der Waals surface area contributed by atoms with Crippen molar-refractivity contribution in [3.8, 4) is 0 Å². The summed E-state index contributed by atoms with van der Waals surface area (Å²) in [5, 5.41) is 0. The van der Waals surface area contributed by atoms with Crippen LogP contribution in [-0.2, 0) is 0 Å². The lowest BCUT2D eigenvalue weighted by atomic mass is 10.3. The second-order valence-corrected chi connectivity index (χ2v) is 3.91. The number of allylic oxidation sites excluding steroid dienone is 1. The molecule has 0 aliphatic carbocycles.